The average molecular weight is 242 g/mol. The lowest BCUT2D eigenvalue weighted by molar-refractivity contribution is 0.593. The largest absolute Gasteiger partial charge is 0.300 e. The zero-order chi connectivity index (χ0) is 11.3. The van der Waals surface area contributed by atoms with Crippen LogP contribution in [0.4, 0.5) is 0 Å². The molecule has 0 spiro atoms. The predicted molar refractivity (Wildman–Crippen MR) is 66.2 cm³/mol. The van der Waals surface area contributed by atoms with Gasteiger partial charge >= 0.3 is 0 Å². The molecule has 1 unspecified atom stereocenters. The van der Waals surface area contributed by atoms with Gasteiger partial charge in [0, 0.05) is 16.6 Å². The van der Waals surface area contributed by atoms with Gasteiger partial charge in [-0.15, -0.1) is 6.42 Å². The van der Waals surface area contributed by atoms with Gasteiger partial charge in [-0.3, -0.25) is 5.32 Å². The van der Waals surface area contributed by atoms with Crippen molar-refractivity contribution in [2.24, 2.45) is 0 Å². The summed E-state index contributed by atoms with van der Waals surface area (Å²) in [5, 5.41) is 4.55. The quantitative estimate of drug-likeness (QED) is 0.797. The highest BCUT2D eigenvalue weighted by Gasteiger charge is 2.04. The van der Waals surface area contributed by atoms with E-state index in [9.17, 15) is 0 Å². The fraction of sp³-hybridized carbons (Fsp3) is 0.333. The van der Waals surface area contributed by atoms with E-state index < -0.39 is 0 Å². The Kier molecular flexibility index (Phi) is 4.98. The standard InChI is InChI=1S/C12H13Cl2N/c1-3-11(4-2)15-8-9-5-6-10(13)7-12(9)14/h1,5-7,11,15H,4,8H2,2H3. The third-order valence-corrected chi connectivity index (χ3v) is 2.75. The third kappa shape index (κ3) is 3.76. The van der Waals surface area contributed by atoms with E-state index >= 15 is 0 Å². The molecule has 0 fully saturated rings. The topological polar surface area (TPSA) is 12.0 Å². The number of terminal acetylenes is 1. The van der Waals surface area contributed by atoms with E-state index in [4.69, 9.17) is 29.6 Å². The van der Waals surface area contributed by atoms with Crippen LogP contribution in [0.25, 0.3) is 0 Å². The zero-order valence-electron chi connectivity index (χ0n) is 8.56. The van der Waals surface area contributed by atoms with Gasteiger partial charge in [0.2, 0.25) is 0 Å². The van der Waals surface area contributed by atoms with E-state index in [-0.39, 0.29) is 6.04 Å². The van der Waals surface area contributed by atoms with Crippen molar-refractivity contribution >= 4 is 23.2 Å². The molecule has 1 nitrogen and oxygen atoms in total. The Balaban J connectivity index is 2.62. The van der Waals surface area contributed by atoms with Crippen LogP contribution in [0.2, 0.25) is 10.0 Å². The summed E-state index contributed by atoms with van der Waals surface area (Å²) in [5.74, 6) is 2.67. The molecule has 0 aliphatic heterocycles. The van der Waals surface area contributed by atoms with Gasteiger partial charge in [0.15, 0.2) is 0 Å². The highest BCUT2D eigenvalue weighted by atomic mass is 35.5. The minimum Gasteiger partial charge on any atom is -0.300 e. The normalized spacial score (nSPS) is 12.1. The lowest BCUT2D eigenvalue weighted by atomic mass is 10.2. The molecule has 0 saturated heterocycles. The maximum Gasteiger partial charge on any atom is 0.0686 e. The smallest absolute Gasteiger partial charge is 0.0686 e. The van der Waals surface area contributed by atoms with Crippen LogP contribution < -0.4 is 5.32 Å². The first-order valence-electron chi connectivity index (χ1n) is 4.80. The van der Waals surface area contributed by atoms with Crippen molar-refractivity contribution in [1.29, 1.82) is 0 Å². The molecule has 1 aromatic carbocycles. The van der Waals surface area contributed by atoms with Crippen molar-refractivity contribution in [3.8, 4) is 12.3 Å². The summed E-state index contributed by atoms with van der Waals surface area (Å²) >= 11 is 11.8. The molecule has 1 N–H and O–H groups in total. The van der Waals surface area contributed by atoms with Crippen LogP contribution in [0.3, 0.4) is 0 Å². The average Bonchev–Trinajstić information content (AvgIpc) is 2.22. The van der Waals surface area contributed by atoms with Crippen LogP contribution in [0.15, 0.2) is 18.2 Å². The van der Waals surface area contributed by atoms with E-state index in [1.807, 2.05) is 19.1 Å². The molecule has 15 heavy (non-hydrogen) atoms. The molecule has 80 valence electrons. The molecule has 0 bridgehead atoms. The van der Waals surface area contributed by atoms with Crippen LogP contribution in [0.1, 0.15) is 18.9 Å². The lowest BCUT2D eigenvalue weighted by Crippen LogP contribution is -2.26. The van der Waals surface area contributed by atoms with Crippen molar-refractivity contribution in [2.75, 3.05) is 0 Å². The molecule has 3 heteroatoms. The van der Waals surface area contributed by atoms with Gasteiger partial charge in [0.05, 0.1) is 6.04 Å². The van der Waals surface area contributed by atoms with Gasteiger partial charge < -0.3 is 0 Å². The van der Waals surface area contributed by atoms with Crippen LogP contribution in [0.5, 0.6) is 0 Å². The molecular formula is C12H13Cl2N. The summed E-state index contributed by atoms with van der Waals surface area (Å²) < 4.78 is 0. The van der Waals surface area contributed by atoms with Crippen LogP contribution in [0, 0.1) is 12.3 Å². The number of hydrogen-bond donors (Lipinski definition) is 1. The molecule has 0 saturated carbocycles. The Morgan fingerprint density at radius 3 is 2.73 bits per heavy atom. The fourth-order valence-electron chi connectivity index (χ4n) is 1.22. The molecule has 0 aromatic heterocycles. The molecule has 0 aliphatic rings. The van der Waals surface area contributed by atoms with Crippen molar-refractivity contribution < 1.29 is 0 Å². The fourth-order valence-corrected chi connectivity index (χ4v) is 1.69. The van der Waals surface area contributed by atoms with E-state index in [2.05, 4.69) is 11.2 Å². The minimum atomic E-state index is 0.0942. The molecular weight excluding hydrogens is 229 g/mol. The van der Waals surface area contributed by atoms with Gasteiger partial charge in [-0.05, 0) is 24.1 Å². The number of hydrogen-bond acceptors (Lipinski definition) is 1. The second-order valence-electron chi connectivity index (χ2n) is 3.24. The van der Waals surface area contributed by atoms with Crippen LogP contribution in [-0.2, 0) is 6.54 Å². The SMILES string of the molecule is C#CC(CC)NCc1ccc(Cl)cc1Cl. The second kappa shape index (κ2) is 6.02. The number of nitrogens with one attached hydrogen (secondary N) is 1. The van der Waals surface area contributed by atoms with E-state index in [1.54, 1.807) is 6.07 Å². The maximum absolute atomic E-state index is 6.02. The predicted octanol–water partition coefficient (Wildman–Crippen LogP) is 3.49. The van der Waals surface area contributed by atoms with Crippen molar-refractivity contribution in [1.82, 2.24) is 5.32 Å². The summed E-state index contributed by atoms with van der Waals surface area (Å²) in [5.41, 5.74) is 1.01. The molecule has 0 radical (unpaired) electrons. The second-order valence-corrected chi connectivity index (χ2v) is 4.09. The number of benzene rings is 1. The Bertz CT molecular complexity index is 368. The minimum absolute atomic E-state index is 0.0942. The molecule has 0 amide bonds. The molecule has 0 heterocycles. The molecule has 1 atom stereocenters. The molecule has 1 rings (SSSR count). The van der Waals surface area contributed by atoms with E-state index in [0.29, 0.717) is 16.6 Å². The molecule has 1 aromatic rings. The van der Waals surface area contributed by atoms with E-state index in [1.165, 1.54) is 0 Å². The summed E-state index contributed by atoms with van der Waals surface area (Å²) in [7, 11) is 0. The van der Waals surface area contributed by atoms with Gasteiger partial charge in [-0.2, -0.15) is 0 Å². The maximum atomic E-state index is 6.02. The summed E-state index contributed by atoms with van der Waals surface area (Å²) in [6, 6.07) is 5.55. The Morgan fingerprint density at radius 1 is 1.47 bits per heavy atom. The van der Waals surface area contributed by atoms with Gasteiger partial charge in [0.1, 0.15) is 0 Å². The summed E-state index contributed by atoms with van der Waals surface area (Å²) in [6.07, 6.45) is 6.25. The van der Waals surface area contributed by atoms with Crippen molar-refractivity contribution in [3.05, 3.63) is 33.8 Å². The first-order chi connectivity index (χ1) is 7.17. The Hall–Kier alpha value is -0.680. The van der Waals surface area contributed by atoms with E-state index in [0.717, 1.165) is 12.0 Å². The monoisotopic (exact) mass is 241 g/mol. The van der Waals surface area contributed by atoms with Gasteiger partial charge in [0.25, 0.3) is 0 Å². The highest BCUT2D eigenvalue weighted by Crippen LogP contribution is 2.20. The zero-order valence-corrected chi connectivity index (χ0v) is 10.1. The molecule has 0 aliphatic carbocycles. The van der Waals surface area contributed by atoms with Gasteiger partial charge in [-0.25, -0.2) is 0 Å². The van der Waals surface area contributed by atoms with Gasteiger partial charge in [-0.1, -0.05) is 42.1 Å². The first kappa shape index (κ1) is 12.4. The number of rotatable bonds is 4. The van der Waals surface area contributed by atoms with Crippen molar-refractivity contribution in [2.45, 2.75) is 25.9 Å². The van der Waals surface area contributed by atoms with Crippen molar-refractivity contribution in [3.63, 3.8) is 0 Å². The first-order valence-corrected chi connectivity index (χ1v) is 5.56. The Morgan fingerprint density at radius 2 is 2.20 bits per heavy atom. The highest BCUT2D eigenvalue weighted by molar-refractivity contribution is 6.35. The third-order valence-electron chi connectivity index (χ3n) is 2.16. The number of halogens is 2. The summed E-state index contributed by atoms with van der Waals surface area (Å²) in [6.45, 7) is 2.71. The summed E-state index contributed by atoms with van der Waals surface area (Å²) in [4.78, 5) is 0. The lowest BCUT2D eigenvalue weighted by Gasteiger charge is -2.11. The van der Waals surface area contributed by atoms with Crippen LogP contribution >= 0.6 is 23.2 Å². The van der Waals surface area contributed by atoms with Crippen LogP contribution in [-0.4, -0.2) is 6.04 Å². The Labute approximate surface area is 101 Å².